The lowest BCUT2D eigenvalue weighted by Crippen LogP contribution is -2.23. The predicted octanol–water partition coefficient (Wildman–Crippen LogP) is 4.62. The topological polar surface area (TPSA) is 122 Å². The first kappa shape index (κ1) is 25.1. The van der Waals surface area contributed by atoms with Crippen LogP contribution >= 0.6 is 11.6 Å². The minimum absolute atomic E-state index is 0.0370. The zero-order chi connectivity index (χ0) is 24.9. The molecule has 0 unspecified atom stereocenters. The van der Waals surface area contributed by atoms with Gasteiger partial charge in [-0.15, -0.1) is 0 Å². The van der Waals surface area contributed by atoms with Crippen molar-refractivity contribution in [3.05, 3.63) is 82.4 Å². The third-order valence-corrected chi connectivity index (χ3v) is 6.40. The summed E-state index contributed by atoms with van der Waals surface area (Å²) >= 11 is 6.26. The van der Waals surface area contributed by atoms with E-state index in [4.69, 9.17) is 21.4 Å². The lowest BCUT2D eigenvalue weighted by molar-refractivity contribution is -0.136. The van der Waals surface area contributed by atoms with Gasteiger partial charge in [0.2, 0.25) is 0 Å². The van der Waals surface area contributed by atoms with Crippen molar-refractivity contribution in [2.75, 3.05) is 11.3 Å². The summed E-state index contributed by atoms with van der Waals surface area (Å²) in [6.07, 6.45) is -0.206. The number of ether oxygens (including phenoxy) is 1. The van der Waals surface area contributed by atoms with Crippen molar-refractivity contribution in [3.63, 3.8) is 0 Å². The second-order valence-corrected chi connectivity index (χ2v) is 9.52. The van der Waals surface area contributed by atoms with Crippen molar-refractivity contribution >= 4 is 39.2 Å². The Morgan fingerprint density at radius 1 is 1.00 bits per heavy atom. The average molecular weight is 503 g/mol. The number of hydrogen-bond acceptors (Lipinski definition) is 5. The van der Waals surface area contributed by atoms with Crippen LogP contribution in [-0.2, 0) is 21.2 Å². The summed E-state index contributed by atoms with van der Waals surface area (Å²) in [4.78, 5) is 23.3. The van der Waals surface area contributed by atoms with Gasteiger partial charge in [-0.05, 0) is 61.9 Å². The van der Waals surface area contributed by atoms with Crippen LogP contribution in [0, 0.1) is 6.92 Å². The van der Waals surface area contributed by atoms with E-state index in [0.29, 0.717) is 12.1 Å². The Labute approximate surface area is 202 Å². The van der Waals surface area contributed by atoms with E-state index in [-0.39, 0.29) is 45.0 Å². The Kier molecular flexibility index (Phi) is 7.80. The predicted molar refractivity (Wildman–Crippen MR) is 129 cm³/mol. The summed E-state index contributed by atoms with van der Waals surface area (Å²) in [5.41, 5.74) is 1.66. The molecule has 0 radical (unpaired) electrons. The summed E-state index contributed by atoms with van der Waals surface area (Å²) in [6, 6.07) is 15.1. The van der Waals surface area contributed by atoms with Gasteiger partial charge in [-0.2, -0.15) is 0 Å². The summed E-state index contributed by atoms with van der Waals surface area (Å²) in [6.45, 7) is 4.02. The van der Waals surface area contributed by atoms with Gasteiger partial charge in [0.25, 0.3) is 15.9 Å². The van der Waals surface area contributed by atoms with Gasteiger partial charge in [-0.3, -0.25) is 14.3 Å². The summed E-state index contributed by atoms with van der Waals surface area (Å²) in [5.74, 6) is -1.08. The summed E-state index contributed by atoms with van der Waals surface area (Å²) < 4.78 is 34.3. The van der Waals surface area contributed by atoms with Crippen LogP contribution in [0.5, 0.6) is 11.5 Å². The van der Waals surface area contributed by atoms with Gasteiger partial charge in [0.1, 0.15) is 5.75 Å². The third-order valence-electron chi connectivity index (χ3n) is 4.73. The molecule has 0 bridgehead atoms. The molecule has 0 aliphatic carbocycles. The molecule has 0 fully saturated rings. The monoisotopic (exact) mass is 502 g/mol. The maximum absolute atomic E-state index is 13.0. The highest BCUT2D eigenvalue weighted by Crippen LogP contribution is 2.36. The van der Waals surface area contributed by atoms with E-state index in [2.05, 4.69) is 10.0 Å². The molecule has 8 nitrogen and oxygen atoms in total. The van der Waals surface area contributed by atoms with Gasteiger partial charge in [0, 0.05) is 12.1 Å². The second kappa shape index (κ2) is 10.6. The molecule has 10 heteroatoms. The van der Waals surface area contributed by atoms with E-state index in [1.165, 1.54) is 42.5 Å². The SMILES string of the molecule is CCNC(=O)c1ccc(Oc2ccc(CC(=O)O)cc2Cl)c(NS(=O)(=O)c2ccc(C)cc2)c1. The first-order chi connectivity index (χ1) is 16.1. The Morgan fingerprint density at radius 3 is 2.29 bits per heavy atom. The fourth-order valence-corrected chi connectivity index (χ4v) is 4.36. The molecule has 0 aliphatic rings. The van der Waals surface area contributed by atoms with E-state index in [9.17, 15) is 18.0 Å². The van der Waals surface area contributed by atoms with Crippen LogP contribution in [0.3, 0.4) is 0 Å². The van der Waals surface area contributed by atoms with Crippen LogP contribution in [0.4, 0.5) is 5.69 Å². The van der Waals surface area contributed by atoms with Crippen molar-refractivity contribution in [3.8, 4) is 11.5 Å². The molecule has 34 heavy (non-hydrogen) atoms. The molecule has 0 heterocycles. The highest BCUT2D eigenvalue weighted by Gasteiger charge is 2.19. The minimum Gasteiger partial charge on any atom is -0.481 e. The third kappa shape index (κ3) is 6.27. The number of carbonyl (C=O) groups is 2. The number of amides is 1. The number of nitrogens with one attached hydrogen (secondary N) is 2. The van der Waals surface area contributed by atoms with Crippen molar-refractivity contribution in [1.82, 2.24) is 5.32 Å². The molecule has 3 aromatic carbocycles. The van der Waals surface area contributed by atoms with Crippen molar-refractivity contribution in [2.24, 2.45) is 0 Å². The molecule has 3 aromatic rings. The normalized spacial score (nSPS) is 11.0. The van der Waals surface area contributed by atoms with Crippen molar-refractivity contribution < 1.29 is 27.9 Å². The number of carbonyl (C=O) groups excluding carboxylic acids is 1. The molecule has 0 aromatic heterocycles. The van der Waals surface area contributed by atoms with Crippen LogP contribution in [0.2, 0.25) is 5.02 Å². The van der Waals surface area contributed by atoms with Crippen LogP contribution < -0.4 is 14.8 Å². The number of aryl methyl sites for hydroxylation is 1. The van der Waals surface area contributed by atoms with Crippen molar-refractivity contribution in [1.29, 1.82) is 0 Å². The average Bonchev–Trinajstić information content (AvgIpc) is 2.76. The summed E-state index contributed by atoms with van der Waals surface area (Å²) in [7, 11) is -3.99. The molecule has 0 atom stereocenters. The number of carboxylic acid groups (broad SMARTS) is 1. The van der Waals surface area contributed by atoms with Gasteiger partial charge < -0.3 is 15.2 Å². The van der Waals surface area contributed by atoms with Gasteiger partial charge in [-0.1, -0.05) is 35.4 Å². The van der Waals surface area contributed by atoms with Crippen molar-refractivity contribution in [2.45, 2.75) is 25.2 Å². The van der Waals surface area contributed by atoms with E-state index in [1.807, 2.05) is 6.92 Å². The highest BCUT2D eigenvalue weighted by atomic mass is 35.5. The van der Waals surface area contributed by atoms with Crippen LogP contribution in [0.25, 0.3) is 0 Å². The molecule has 0 saturated heterocycles. The Bertz CT molecular complexity index is 1320. The lowest BCUT2D eigenvalue weighted by Gasteiger charge is -2.16. The van der Waals surface area contributed by atoms with Crippen LogP contribution in [0.15, 0.2) is 65.6 Å². The Hall–Kier alpha value is -3.56. The first-order valence-corrected chi connectivity index (χ1v) is 12.1. The Morgan fingerprint density at radius 2 is 1.68 bits per heavy atom. The van der Waals surface area contributed by atoms with E-state index < -0.39 is 16.0 Å². The molecule has 0 spiro atoms. The highest BCUT2D eigenvalue weighted by molar-refractivity contribution is 7.92. The molecule has 178 valence electrons. The van der Waals surface area contributed by atoms with E-state index in [1.54, 1.807) is 25.1 Å². The molecular formula is C24H23ClN2O6S. The number of aliphatic carboxylic acids is 1. The fourth-order valence-electron chi connectivity index (χ4n) is 3.05. The zero-order valence-corrected chi connectivity index (χ0v) is 20.0. The van der Waals surface area contributed by atoms with Gasteiger partial charge in [0.05, 0.1) is 22.0 Å². The van der Waals surface area contributed by atoms with Crippen LogP contribution in [-0.4, -0.2) is 31.9 Å². The molecule has 3 N–H and O–H groups in total. The summed E-state index contributed by atoms with van der Waals surface area (Å²) in [5, 5.41) is 11.8. The number of rotatable bonds is 9. The quantitative estimate of drug-likeness (QED) is 0.392. The standard InChI is InChI=1S/C24H23ClN2O6S/c1-3-26-24(30)17-7-11-22(33-21-10-6-16(12-19(21)25)13-23(28)29)20(14-17)27-34(31,32)18-8-4-15(2)5-9-18/h4-12,14,27H,3,13H2,1-2H3,(H,26,30)(H,28,29). The fraction of sp³-hybridized carbons (Fsp3) is 0.167. The van der Waals surface area contributed by atoms with Crippen LogP contribution in [0.1, 0.15) is 28.4 Å². The second-order valence-electron chi connectivity index (χ2n) is 7.43. The van der Waals surface area contributed by atoms with Gasteiger partial charge in [-0.25, -0.2) is 8.42 Å². The molecule has 3 rings (SSSR count). The molecular weight excluding hydrogens is 480 g/mol. The smallest absolute Gasteiger partial charge is 0.307 e. The zero-order valence-electron chi connectivity index (χ0n) is 18.5. The largest absolute Gasteiger partial charge is 0.481 e. The number of sulfonamides is 1. The first-order valence-electron chi connectivity index (χ1n) is 10.3. The lowest BCUT2D eigenvalue weighted by atomic mass is 10.1. The van der Waals surface area contributed by atoms with E-state index >= 15 is 0 Å². The maximum atomic E-state index is 13.0. The maximum Gasteiger partial charge on any atom is 0.307 e. The van der Waals surface area contributed by atoms with Gasteiger partial charge in [0.15, 0.2) is 5.75 Å². The number of carboxylic acids is 1. The number of benzene rings is 3. The minimum atomic E-state index is -3.99. The Balaban J connectivity index is 1.99. The molecule has 0 saturated carbocycles. The number of anilines is 1. The molecule has 1 amide bonds. The molecule has 0 aliphatic heterocycles. The van der Waals surface area contributed by atoms with Gasteiger partial charge >= 0.3 is 5.97 Å². The number of halogens is 1. The van der Waals surface area contributed by atoms with E-state index in [0.717, 1.165) is 5.56 Å². The number of hydrogen-bond donors (Lipinski definition) is 3.